The summed E-state index contributed by atoms with van der Waals surface area (Å²) in [6.45, 7) is -0.132. The van der Waals surface area contributed by atoms with Crippen molar-refractivity contribution in [1.82, 2.24) is 9.88 Å². The lowest BCUT2D eigenvalue weighted by atomic mass is 10.2. The predicted molar refractivity (Wildman–Crippen MR) is 129 cm³/mol. The summed E-state index contributed by atoms with van der Waals surface area (Å²) in [6, 6.07) is 5.86. The summed E-state index contributed by atoms with van der Waals surface area (Å²) >= 11 is 0. The Morgan fingerprint density at radius 2 is 1.91 bits per heavy atom. The minimum atomic E-state index is -4.15. The molecule has 13 nitrogen and oxygen atoms in total. The van der Waals surface area contributed by atoms with Gasteiger partial charge in [-0.25, -0.2) is 8.42 Å². The Morgan fingerprint density at radius 3 is 2.54 bits per heavy atom. The maximum Gasteiger partial charge on any atom is 0.275 e. The van der Waals surface area contributed by atoms with E-state index in [4.69, 9.17) is 20.9 Å². The number of guanidine groups is 1. The SMILES string of the molecule is COc1ccc(S(=O)(=O)Nc2cccn(CC(=O)NC(C=O)CCCN=C(N)N)c2=O)cc1OC. The highest BCUT2D eigenvalue weighted by molar-refractivity contribution is 7.92. The smallest absolute Gasteiger partial charge is 0.275 e. The Hall–Kier alpha value is -4.07. The van der Waals surface area contributed by atoms with E-state index in [-0.39, 0.29) is 22.3 Å². The van der Waals surface area contributed by atoms with Crippen LogP contribution in [0.4, 0.5) is 5.69 Å². The largest absolute Gasteiger partial charge is 0.493 e. The number of pyridine rings is 1. The Kier molecular flexibility index (Phi) is 9.64. The molecule has 1 amide bonds. The average Bonchev–Trinajstić information content (AvgIpc) is 2.82. The Labute approximate surface area is 202 Å². The number of hydrogen-bond acceptors (Lipinski definition) is 8. The van der Waals surface area contributed by atoms with Crippen LogP contribution in [0.25, 0.3) is 0 Å². The van der Waals surface area contributed by atoms with Crippen LogP contribution in [-0.2, 0) is 26.2 Å². The number of sulfonamides is 1. The zero-order valence-corrected chi connectivity index (χ0v) is 20.1. The van der Waals surface area contributed by atoms with Gasteiger partial charge in [-0.05, 0) is 37.1 Å². The van der Waals surface area contributed by atoms with E-state index in [0.717, 1.165) is 4.57 Å². The van der Waals surface area contributed by atoms with Gasteiger partial charge in [-0.15, -0.1) is 0 Å². The first kappa shape index (κ1) is 27.2. The van der Waals surface area contributed by atoms with Gasteiger partial charge >= 0.3 is 0 Å². The number of nitrogens with zero attached hydrogens (tertiary/aromatic N) is 2. The number of nitrogens with two attached hydrogens (primary N) is 2. The number of nitrogens with one attached hydrogen (secondary N) is 2. The van der Waals surface area contributed by atoms with Crippen molar-refractivity contribution in [2.75, 3.05) is 25.5 Å². The molecule has 0 aliphatic carbocycles. The van der Waals surface area contributed by atoms with Gasteiger partial charge in [-0.2, -0.15) is 0 Å². The summed E-state index contributed by atoms with van der Waals surface area (Å²) < 4.78 is 39.1. The Bertz CT molecular complexity index is 1240. The topological polar surface area (TPSA) is 197 Å². The highest BCUT2D eigenvalue weighted by Crippen LogP contribution is 2.29. The van der Waals surface area contributed by atoms with Gasteiger partial charge in [-0.1, -0.05) is 0 Å². The number of hydrogen-bond donors (Lipinski definition) is 4. The van der Waals surface area contributed by atoms with Crippen molar-refractivity contribution in [3.63, 3.8) is 0 Å². The number of aromatic nitrogens is 1. The number of aldehydes is 1. The second-order valence-electron chi connectivity index (χ2n) is 7.24. The first-order valence-corrected chi connectivity index (χ1v) is 11.8. The van der Waals surface area contributed by atoms with Crippen molar-refractivity contribution in [3.05, 3.63) is 46.9 Å². The standard InChI is InChI=1S/C21H28N6O7S/c1-33-17-8-7-15(11-18(17)34-2)35(31,32)26-16-6-4-10-27(20(16)30)12-19(29)25-14(13-28)5-3-9-24-21(22)23/h4,6-8,10-11,13-14,26H,3,5,9,12H2,1-2H3,(H,25,29)(H4,22,23,24). The molecule has 190 valence electrons. The summed E-state index contributed by atoms with van der Waals surface area (Å²) in [5.74, 6) is -0.145. The van der Waals surface area contributed by atoms with Gasteiger partial charge in [0.05, 0.1) is 25.2 Å². The molecule has 0 radical (unpaired) electrons. The molecule has 14 heteroatoms. The number of rotatable bonds is 13. The molecule has 1 unspecified atom stereocenters. The molecule has 6 N–H and O–H groups in total. The number of ether oxygens (including phenoxy) is 2. The normalized spacial score (nSPS) is 11.7. The number of carbonyl (C=O) groups excluding carboxylic acids is 2. The molecular formula is C21H28N6O7S. The zero-order chi connectivity index (χ0) is 26.0. The van der Waals surface area contributed by atoms with Crippen molar-refractivity contribution < 1.29 is 27.5 Å². The van der Waals surface area contributed by atoms with Gasteiger partial charge in [-0.3, -0.25) is 19.3 Å². The van der Waals surface area contributed by atoms with E-state index in [0.29, 0.717) is 31.4 Å². The molecule has 0 fully saturated rings. The van der Waals surface area contributed by atoms with Crippen LogP contribution in [0.2, 0.25) is 0 Å². The summed E-state index contributed by atoms with van der Waals surface area (Å²) in [5.41, 5.74) is 9.45. The first-order chi connectivity index (χ1) is 16.6. The lowest BCUT2D eigenvalue weighted by Crippen LogP contribution is -2.40. The van der Waals surface area contributed by atoms with Crippen molar-refractivity contribution in [2.24, 2.45) is 16.5 Å². The van der Waals surface area contributed by atoms with E-state index in [9.17, 15) is 22.8 Å². The maximum absolute atomic E-state index is 12.8. The number of amides is 1. The van der Waals surface area contributed by atoms with E-state index in [1.54, 1.807) is 0 Å². The lowest BCUT2D eigenvalue weighted by Gasteiger charge is -2.14. The molecular weight excluding hydrogens is 480 g/mol. The fraction of sp³-hybridized carbons (Fsp3) is 0.333. The van der Waals surface area contributed by atoms with E-state index in [1.807, 2.05) is 0 Å². The number of methoxy groups -OCH3 is 2. The third kappa shape index (κ3) is 7.74. The minimum absolute atomic E-state index is 0.0716. The highest BCUT2D eigenvalue weighted by Gasteiger charge is 2.20. The number of aliphatic imine (C=N–C) groups is 1. The summed E-state index contributed by atoms with van der Waals surface area (Å²) in [7, 11) is -1.38. The van der Waals surface area contributed by atoms with Crippen LogP contribution < -0.4 is 36.5 Å². The van der Waals surface area contributed by atoms with Gasteiger partial charge < -0.3 is 35.6 Å². The Morgan fingerprint density at radius 1 is 1.20 bits per heavy atom. The summed E-state index contributed by atoms with van der Waals surface area (Å²) in [5, 5.41) is 2.51. The number of anilines is 1. The molecule has 2 aromatic rings. The molecule has 0 saturated carbocycles. The van der Waals surface area contributed by atoms with Crippen LogP contribution in [0.15, 0.2) is 51.2 Å². The summed E-state index contributed by atoms with van der Waals surface area (Å²) in [6.07, 6.45) is 2.65. The molecule has 1 atom stereocenters. The van der Waals surface area contributed by atoms with Gasteiger partial charge in [0.1, 0.15) is 18.5 Å². The maximum atomic E-state index is 12.8. The molecule has 0 bridgehead atoms. The molecule has 0 aliphatic rings. The zero-order valence-electron chi connectivity index (χ0n) is 19.3. The van der Waals surface area contributed by atoms with Crippen LogP contribution in [0.3, 0.4) is 0 Å². The molecule has 2 rings (SSSR count). The van der Waals surface area contributed by atoms with Crippen molar-refractivity contribution >= 4 is 33.9 Å². The van der Waals surface area contributed by atoms with Gasteiger partial charge in [0.15, 0.2) is 17.5 Å². The molecule has 0 saturated heterocycles. The van der Waals surface area contributed by atoms with Crippen molar-refractivity contribution in [3.8, 4) is 11.5 Å². The van der Waals surface area contributed by atoms with Crippen LogP contribution in [-0.4, -0.2) is 57.9 Å². The fourth-order valence-electron chi connectivity index (χ4n) is 3.03. The van der Waals surface area contributed by atoms with Crippen molar-refractivity contribution in [1.29, 1.82) is 0 Å². The van der Waals surface area contributed by atoms with Crippen LogP contribution in [0.1, 0.15) is 12.8 Å². The molecule has 0 aliphatic heterocycles. The quantitative estimate of drug-likeness (QED) is 0.118. The van der Waals surface area contributed by atoms with E-state index in [1.165, 1.54) is 50.7 Å². The van der Waals surface area contributed by atoms with Gasteiger partial charge in [0.2, 0.25) is 5.91 Å². The third-order valence-corrected chi connectivity index (χ3v) is 6.09. The average molecular weight is 509 g/mol. The van der Waals surface area contributed by atoms with Crippen molar-refractivity contribution in [2.45, 2.75) is 30.3 Å². The van der Waals surface area contributed by atoms with Crippen LogP contribution >= 0.6 is 0 Å². The van der Waals surface area contributed by atoms with E-state index < -0.39 is 34.1 Å². The second kappa shape index (κ2) is 12.4. The molecule has 0 spiro atoms. The van der Waals surface area contributed by atoms with Crippen LogP contribution in [0.5, 0.6) is 11.5 Å². The summed E-state index contributed by atoms with van der Waals surface area (Å²) in [4.78, 5) is 40.0. The lowest BCUT2D eigenvalue weighted by molar-refractivity contribution is -0.124. The second-order valence-corrected chi connectivity index (χ2v) is 8.92. The molecule has 1 aromatic carbocycles. The predicted octanol–water partition coefficient (Wildman–Crippen LogP) is -0.596. The molecule has 1 aromatic heterocycles. The third-order valence-electron chi connectivity index (χ3n) is 4.72. The van der Waals surface area contributed by atoms with E-state index >= 15 is 0 Å². The van der Waals surface area contributed by atoms with Crippen LogP contribution in [0, 0.1) is 0 Å². The molecule has 35 heavy (non-hydrogen) atoms. The van der Waals surface area contributed by atoms with Gasteiger partial charge in [0, 0.05) is 18.8 Å². The number of benzene rings is 1. The highest BCUT2D eigenvalue weighted by atomic mass is 32.2. The first-order valence-electron chi connectivity index (χ1n) is 10.4. The van der Waals surface area contributed by atoms with Gasteiger partial charge in [0.25, 0.3) is 15.6 Å². The molecule has 1 heterocycles. The number of carbonyl (C=O) groups is 2. The Balaban J connectivity index is 2.12. The minimum Gasteiger partial charge on any atom is -0.493 e. The van der Waals surface area contributed by atoms with E-state index in [2.05, 4.69) is 15.0 Å². The fourth-order valence-corrected chi connectivity index (χ4v) is 4.10. The monoisotopic (exact) mass is 508 g/mol.